The van der Waals surface area contributed by atoms with E-state index in [1.807, 2.05) is 0 Å². The molecule has 48 heavy (non-hydrogen) atoms. The Labute approximate surface area is 282 Å². The van der Waals surface area contributed by atoms with Gasteiger partial charge in [-0.05, 0) is 35.0 Å². The number of nitrogens with zero attached hydrogens (tertiary/aromatic N) is 1. The van der Waals surface area contributed by atoms with Crippen LogP contribution < -0.4 is 30.0 Å². The minimum absolute atomic E-state index is 0.0943. The van der Waals surface area contributed by atoms with E-state index in [4.69, 9.17) is 34.9 Å². The second-order valence-electron chi connectivity index (χ2n) is 10.4. The van der Waals surface area contributed by atoms with Gasteiger partial charge in [-0.25, -0.2) is 0 Å². The smallest absolute Gasteiger partial charge is 0.305 e. The van der Waals surface area contributed by atoms with E-state index >= 15 is 0 Å². The van der Waals surface area contributed by atoms with Crippen LogP contribution in [0.3, 0.4) is 0 Å². The molecule has 256 valence electrons. The Balaban J connectivity index is 1.41. The van der Waals surface area contributed by atoms with Gasteiger partial charge in [0, 0.05) is 48.0 Å². The first-order chi connectivity index (χ1) is 23.0. The van der Waals surface area contributed by atoms with Crippen LogP contribution in [0.25, 0.3) is 20.2 Å². The molecule has 0 saturated heterocycles. The Morgan fingerprint density at radius 1 is 0.771 bits per heavy atom. The normalized spacial score (nSPS) is 10.9. The lowest BCUT2D eigenvalue weighted by atomic mass is 10.1. The minimum atomic E-state index is -1.05. The van der Waals surface area contributed by atoms with Crippen molar-refractivity contribution in [2.75, 3.05) is 47.2 Å². The zero-order valence-electron chi connectivity index (χ0n) is 26.2. The van der Waals surface area contributed by atoms with Crippen molar-refractivity contribution in [2.24, 2.45) is 5.73 Å². The van der Waals surface area contributed by atoms with Crippen molar-refractivity contribution >= 4 is 72.4 Å². The van der Waals surface area contributed by atoms with Gasteiger partial charge in [0.2, 0.25) is 5.91 Å². The van der Waals surface area contributed by atoms with Crippen molar-refractivity contribution < 1.29 is 53.1 Å². The predicted octanol–water partition coefficient (Wildman–Crippen LogP) is 3.98. The number of nitrogens with one attached hydrogen (secondary N) is 1. The number of nitrogens with two attached hydrogens (primary N) is 1. The summed E-state index contributed by atoms with van der Waals surface area (Å²) in [6.07, 6.45) is -0.0762. The van der Waals surface area contributed by atoms with E-state index < -0.39 is 17.8 Å². The van der Waals surface area contributed by atoms with Crippen LogP contribution in [0.15, 0.2) is 36.4 Å². The molecular formula is C32H35N3O11S2. The van der Waals surface area contributed by atoms with E-state index in [1.54, 1.807) is 43.4 Å². The Hall–Kier alpha value is -4.93. The summed E-state index contributed by atoms with van der Waals surface area (Å²) in [5, 5.41) is 21.8. The molecule has 5 N–H and O–H groups in total. The molecule has 0 aliphatic heterocycles. The van der Waals surface area contributed by atoms with Gasteiger partial charge in [-0.15, -0.1) is 22.7 Å². The molecule has 0 atom stereocenters. The topological polar surface area (TPSA) is 204 Å². The van der Waals surface area contributed by atoms with E-state index in [-0.39, 0.29) is 64.0 Å². The Bertz CT molecular complexity index is 1820. The number of methoxy groups -OCH3 is 1. The number of carboxylic acid groups (broad SMARTS) is 2. The fourth-order valence-electron chi connectivity index (χ4n) is 4.42. The average Bonchev–Trinajstić information content (AvgIpc) is 3.68. The first-order valence-electron chi connectivity index (χ1n) is 14.8. The van der Waals surface area contributed by atoms with Gasteiger partial charge in [0.25, 0.3) is 5.91 Å². The minimum Gasteiger partial charge on any atom is -0.493 e. The molecular weight excluding hydrogens is 666 g/mol. The summed E-state index contributed by atoms with van der Waals surface area (Å²) in [5.74, 6) is -1.33. The number of carbonyl (C=O) groups excluding carboxylic acids is 3. The molecule has 0 saturated carbocycles. The lowest BCUT2D eigenvalue weighted by Crippen LogP contribution is -2.33. The molecule has 14 nitrogen and oxygen atoms in total. The van der Waals surface area contributed by atoms with Crippen molar-refractivity contribution in [3.63, 3.8) is 0 Å². The summed E-state index contributed by atoms with van der Waals surface area (Å²) in [4.78, 5) is 60.9. The number of fused-ring (bicyclic) bond motifs is 2. The summed E-state index contributed by atoms with van der Waals surface area (Å²) in [6.45, 7) is 0.204. The molecule has 0 aliphatic carbocycles. The first-order valence-corrected chi connectivity index (χ1v) is 16.4. The molecule has 0 bridgehead atoms. The summed E-state index contributed by atoms with van der Waals surface area (Å²) in [5.41, 5.74) is 5.34. The summed E-state index contributed by atoms with van der Waals surface area (Å²) < 4.78 is 24.8. The molecule has 0 spiro atoms. The molecule has 2 heterocycles. The van der Waals surface area contributed by atoms with Gasteiger partial charge >= 0.3 is 11.9 Å². The van der Waals surface area contributed by atoms with E-state index in [9.17, 15) is 24.0 Å². The van der Waals surface area contributed by atoms with E-state index in [2.05, 4.69) is 5.32 Å². The maximum Gasteiger partial charge on any atom is 0.305 e. The zero-order chi connectivity index (χ0) is 34.8. The highest BCUT2D eigenvalue weighted by Gasteiger charge is 2.19. The molecule has 0 radical (unpaired) electrons. The molecule has 0 fully saturated rings. The van der Waals surface area contributed by atoms with Crippen LogP contribution in [0.4, 0.5) is 0 Å². The van der Waals surface area contributed by atoms with Crippen LogP contribution in [0.5, 0.6) is 23.0 Å². The Morgan fingerprint density at radius 2 is 1.33 bits per heavy atom. The van der Waals surface area contributed by atoms with Gasteiger partial charge in [0.15, 0.2) is 35.5 Å². The number of Topliss-reactive ketones (excluding diaryl/α,β-unsaturated/α-hetero) is 1. The van der Waals surface area contributed by atoms with Crippen LogP contribution in [-0.2, 0) is 14.4 Å². The lowest BCUT2D eigenvalue weighted by molar-refractivity contribution is -0.138. The number of aliphatic carboxylic acids is 2. The highest BCUT2D eigenvalue weighted by atomic mass is 32.1. The largest absolute Gasteiger partial charge is 0.493 e. The van der Waals surface area contributed by atoms with E-state index in [0.29, 0.717) is 44.6 Å². The quantitative estimate of drug-likeness (QED) is 0.0623. The monoisotopic (exact) mass is 701 g/mol. The number of amides is 2. The summed E-state index contributed by atoms with van der Waals surface area (Å²) >= 11 is 2.48. The number of hydrogen-bond acceptors (Lipinski definition) is 12. The number of rotatable bonds is 19. The first kappa shape index (κ1) is 35.9. The SMILES string of the molecule is COc1cc2sc(C(=O)N(C)CCC(=O)O)cc2cc1OCCCOc1cc2cc(C(=O)CCC(=O)O)sc2cc1OCNC(=O)CN. The van der Waals surface area contributed by atoms with Crippen LogP contribution in [-0.4, -0.2) is 91.8 Å². The fraction of sp³-hybridized carbons (Fsp3) is 0.344. The molecule has 16 heteroatoms. The highest BCUT2D eigenvalue weighted by molar-refractivity contribution is 7.21. The summed E-state index contributed by atoms with van der Waals surface area (Å²) in [6, 6.07) is 10.4. The number of thiophene rings is 2. The maximum atomic E-state index is 12.8. The molecule has 0 aliphatic rings. The van der Waals surface area contributed by atoms with Gasteiger partial charge in [0.05, 0.1) is 49.5 Å². The third kappa shape index (κ3) is 9.56. The van der Waals surface area contributed by atoms with Crippen LogP contribution >= 0.6 is 22.7 Å². The van der Waals surface area contributed by atoms with Crippen LogP contribution in [0, 0.1) is 0 Å². The second-order valence-corrected chi connectivity index (χ2v) is 12.6. The molecule has 4 rings (SSSR count). The van der Waals surface area contributed by atoms with Gasteiger partial charge in [-0.3, -0.25) is 24.0 Å². The van der Waals surface area contributed by atoms with Crippen LogP contribution in [0.2, 0.25) is 0 Å². The van der Waals surface area contributed by atoms with Crippen molar-refractivity contribution in [3.05, 3.63) is 46.2 Å². The summed E-state index contributed by atoms with van der Waals surface area (Å²) in [7, 11) is 3.07. The molecule has 2 aromatic carbocycles. The predicted molar refractivity (Wildman–Crippen MR) is 179 cm³/mol. The van der Waals surface area contributed by atoms with Gasteiger partial charge in [0.1, 0.15) is 0 Å². The van der Waals surface area contributed by atoms with Crippen molar-refractivity contribution in [1.29, 1.82) is 0 Å². The van der Waals surface area contributed by atoms with Crippen molar-refractivity contribution in [2.45, 2.75) is 25.7 Å². The average molecular weight is 702 g/mol. The fourth-order valence-corrected chi connectivity index (χ4v) is 6.53. The second kappa shape index (κ2) is 16.8. The number of carbonyl (C=O) groups is 5. The number of carboxylic acids is 2. The number of ketones is 1. The number of benzene rings is 2. The standard InChI is InChI=1S/C32H35N3O11S2/c1-35(7-6-31(40)41)32(42)28-13-19-10-22(21(43-2)14-25(19)48-28)44-8-3-9-45-23-11-18-12-27(20(36)4-5-30(38)39)47-26(18)15-24(23)46-17-34-29(37)16-33/h10-15H,3-9,16-17,33H2,1-2H3,(H,34,37)(H,38,39)(H,40,41). The molecule has 2 aromatic heterocycles. The van der Waals surface area contributed by atoms with E-state index in [1.165, 1.54) is 34.7 Å². The van der Waals surface area contributed by atoms with Crippen LogP contribution in [0.1, 0.15) is 45.0 Å². The molecule has 0 unspecified atom stereocenters. The Kier molecular flexibility index (Phi) is 12.5. The third-order valence-corrected chi connectivity index (χ3v) is 9.16. The zero-order valence-corrected chi connectivity index (χ0v) is 27.9. The molecule has 2 amide bonds. The maximum absolute atomic E-state index is 12.8. The highest BCUT2D eigenvalue weighted by Crippen LogP contribution is 2.38. The van der Waals surface area contributed by atoms with Gasteiger partial charge in [-0.2, -0.15) is 0 Å². The van der Waals surface area contributed by atoms with E-state index in [0.717, 1.165) is 14.8 Å². The van der Waals surface area contributed by atoms with Gasteiger partial charge < -0.3 is 45.1 Å². The lowest BCUT2D eigenvalue weighted by Gasteiger charge is -2.14. The van der Waals surface area contributed by atoms with Crippen molar-refractivity contribution in [3.8, 4) is 23.0 Å². The Morgan fingerprint density at radius 3 is 1.94 bits per heavy atom. The number of hydrogen-bond donors (Lipinski definition) is 4. The third-order valence-electron chi connectivity index (χ3n) is 6.93. The van der Waals surface area contributed by atoms with Gasteiger partial charge in [-0.1, -0.05) is 0 Å². The molecule has 4 aromatic rings. The van der Waals surface area contributed by atoms with Crippen molar-refractivity contribution in [1.82, 2.24) is 10.2 Å². The number of ether oxygens (including phenoxy) is 4.